The third-order valence-corrected chi connectivity index (χ3v) is 6.03. The molecule has 1 atom stereocenters. The lowest BCUT2D eigenvalue weighted by molar-refractivity contribution is -0.00805. The molecule has 2 saturated heterocycles. The van der Waals surface area contributed by atoms with Gasteiger partial charge in [0, 0.05) is 50.6 Å². The predicted molar refractivity (Wildman–Crippen MR) is 124 cm³/mol. The summed E-state index contributed by atoms with van der Waals surface area (Å²) < 4.78 is 7.78. The Balaban J connectivity index is 1.44. The van der Waals surface area contributed by atoms with Crippen LogP contribution in [0.15, 0.2) is 41.7 Å². The molecule has 32 heavy (non-hydrogen) atoms. The number of morpholine rings is 1. The van der Waals surface area contributed by atoms with E-state index in [0.717, 1.165) is 68.2 Å². The largest absolute Gasteiger partial charge is 0.370 e. The average molecular weight is 439 g/mol. The zero-order chi connectivity index (χ0) is 22.3. The molecule has 1 N–H and O–H groups in total. The van der Waals surface area contributed by atoms with Gasteiger partial charge in [0.05, 0.1) is 25.9 Å². The second kappa shape index (κ2) is 10.6. The van der Waals surface area contributed by atoms with E-state index in [1.54, 1.807) is 4.68 Å². The van der Waals surface area contributed by atoms with E-state index < -0.39 is 0 Å². The number of hydrogen-bond acceptors (Lipinski definition) is 4. The first-order valence-corrected chi connectivity index (χ1v) is 11.7. The molecule has 1 unspecified atom stereocenters. The van der Waals surface area contributed by atoms with Crippen LogP contribution in [-0.4, -0.2) is 70.8 Å². The normalized spacial score (nSPS) is 19.8. The van der Waals surface area contributed by atoms with Crippen molar-refractivity contribution in [1.29, 1.82) is 0 Å². The number of aliphatic imine (C=N–C) groups is 1. The Hall–Kier alpha value is -2.87. The molecule has 172 valence electrons. The van der Waals surface area contributed by atoms with Crippen LogP contribution in [0.5, 0.6) is 0 Å². The molecule has 0 bridgehead atoms. The molecule has 4 rings (SSSR count). The van der Waals surface area contributed by atoms with E-state index in [1.165, 1.54) is 6.42 Å². The highest BCUT2D eigenvalue weighted by Crippen LogP contribution is 2.22. The van der Waals surface area contributed by atoms with Gasteiger partial charge in [0.2, 0.25) is 0 Å². The fraction of sp³-hybridized carbons (Fsp3) is 0.542. The Kier molecular flexibility index (Phi) is 7.42. The first-order chi connectivity index (χ1) is 15.6. The summed E-state index contributed by atoms with van der Waals surface area (Å²) in [5.41, 5.74) is 2.88. The van der Waals surface area contributed by atoms with Crippen molar-refractivity contribution in [2.24, 2.45) is 12.0 Å². The molecule has 1 aromatic heterocycles. The first-order valence-electron chi connectivity index (χ1n) is 11.7. The van der Waals surface area contributed by atoms with Crippen LogP contribution in [0.4, 0.5) is 0 Å². The molecule has 8 heteroatoms. The Morgan fingerprint density at radius 3 is 2.81 bits per heavy atom. The summed E-state index contributed by atoms with van der Waals surface area (Å²) in [5.74, 6) is 1.01. The third-order valence-electron chi connectivity index (χ3n) is 6.03. The zero-order valence-corrected chi connectivity index (χ0v) is 19.2. The number of nitrogens with one attached hydrogen (secondary N) is 1. The van der Waals surface area contributed by atoms with Crippen molar-refractivity contribution in [3.63, 3.8) is 0 Å². The molecule has 0 saturated carbocycles. The van der Waals surface area contributed by atoms with Crippen molar-refractivity contribution in [1.82, 2.24) is 24.9 Å². The minimum absolute atomic E-state index is 0.0215. The summed E-state index contributed by atoms with van der Waals surface area (Å²) in [5, 5.41) is 7.68. The molecule has 0 spiro atoms. The number of aromatic nitrogens is 2. The topological polar surface area (TPSA) is 75.0 Å². The Morgan fingerprint density at radius 2 is 2.06 bits per heavy atom. The number of guanidine groups is 1. The van der Waals surface area contributed by atoms with E-state index in [0.29, 0.717) is 13.2 Å². The molecule has 3 heterocycles. The number of piperidine rings is 1. The van der Waals surface area contributed by atoms with Gasteiger partial charge in [-0.2, -0.15) is 5.10 Å². The number of hydrogen-bond donors (Lipinski definition) is 1. The zero-order valence-electron chi connectivity index (χ0n) is 19.2. The Morgan fingerprint density at radius 1 is 1.22 bits per heavy atom. The lowest BCUT2D eigenvalue weighted by Gasteiger charge is -2.34. The van der Waals surface area contributed by atoms with Crippen LogP contribution in [0.1, 0.15) is 53.8 Å². The standard InChI is InChI=1S/C24H34N6O2/c1-3-25-24(30-12-13-32-22(18-30)21-16-27-28(2)17-21)26-15-19-8-7-9-20(14-19)23(31)29-10-5-4-6-11-29/h7-9,14,16-17,22H,3-6,10-13,15,18H2,1-2H3,(H,25,26). The van der Waals surface area contributed by atoms with Gasteiger partial charge in [-0.05, 0) is 43.9 Å². The summed E-state index contributed by atoms with van der Waals surface area (Å²) >= 11 is 0. The number of likely N-dealkylation sites (tertiary alicyclic amines) is 1. The maximum Gasteiger partial charge on any atom is 0.253 e. The summed E-state index contributed by atoms with van der Waals surface area (Å²) in [7, 11) is 1.92. The van der Waals surface area contributed by atoms with Gasteiger partial charge in [0.1, 0.15) is 6.10 Å². The van der Waals surface area contributed by atoms with Crippen LogP contribution in [0.25, 0.3) is 0 Å². The van der Waals surface area contributed by atoms with E-state index >= 15 is 0 Å². The number of ether oxygens (including phenoxy) is 1. The van der Waals surface area contributed by atoms with Crippen molar-refractivity contribution < 1.29 is 9.53 Å². The van der Waals surface area contributed by atoms with Crippen molar-refractivity contribution in [3.8, 4) is 0 Å². The number of aryl methyl sites for hydroxylation is 1. The van der Waals surface area contributed by atoms with Gasteiger partial charge < -0.3 is 19.9 Å². The Labute approximate surface area is 190 Å². The fourth-order valence-corrected chi connectivity index (χ4v) is 4.32. The SMILES string of the molecule is CCNC(=NCc1cccc(C(=O)N2CCCCC2)c1)N1CCOC(c2cnn(C)c2)C1. The molecule has 1 amide bonds. The van der Waals surface area contributed by atoms with Crippen molar-refractivity contribution in [2.75, 3.05) is 39.3 Å². The van der Waals surface area contributed by atoms with Crippen molar-refractivity contribution >= 4 is 11.9 Å². The molecule has 8 nitrogen and oxygen atoms in total. The van der Waals surface area contributed by atoms with E-state index in [1.807, 2.05) is 48.6 Å². The van der Waals surface area contributed by atoms with Crippen molar-refractivity contribution in [2.45, 2.75) is 38.8 Å². The second-order valence-corrected chi connectivity index (χ2v) is 8.48. The fourth-order valence-electron chi connectivity index (χ4n) is 4.32. The quantitative estimate of drug-likeness (QED) is 0.574. The summed E-state index contributed by atoms with van der Waals surface area (Å²) in [6.07, 6.45) is 7.26. The number of rotatable bonds is 5. The molecule has 2 aliphatic heterocycles. The van der Waals surface area contributed by atoms with Crippen LogP contribution in [0.2, 0.25) is 0 Å². The van der Waals surface area contributed by atoms with Crippen LogP contribution in [0, 0.1) is 0 Å². The maximum absolute atomic E-state index is 12.9. The monoisotopic (exact) mass is 438 g/mol. The van der Waals surface area contributed by atoms with Crippen LogP contribution < -0.4 is 5.32 Å². The van der Waals surface area contributed by atoms with Crippen LogP contribution in [-0.2, 0) is 18.3 Å². The minimum atomic E-state index is -0.0215. The molecule has 0 radical (unpaired) electrons. The van der Waals surface area contributed by atoms with E-state index in [4.69, 9.17) is 9.73 Å². The number of benzene rings is 1. The predicted octanol–water partition coefficient (Wildman–Crippen LogP) is 2.59. The summed E-state index contributed by atoms with van der Waals surface area (Å²) in [6.45, 7) is 7.28. The van der Waals surface area contributed by atoms with Crippen LogP contribution in [0.3, 0.4) is 0 Å². The molecule has 2 aromatic rings. The number of nitrogens with zero attached hydrogens (tertiary/aromatic N) is 5. The lowest BCUT2D eigenvalue weighted by Crippen LogP contribution is -2.48. The van der Waals surface area contributed by atoms with Crippen molar-refractivity contribution in [3.05, 3.63) is 53.3 Å². The molecular formula is C24H34N6O2. The lowest BCUT2D eigenvalue weighted by atomic mass is 10.1. The smallest absolute Gasteiger partial charge is 0.253 e. The average Bonchev–Trinajstić information content (AvgIpc) is 3.28. The molecule has 2 aliphatic rings. The van der Waals surface area contributed by atoms with Gasteiger partial charge in [0.15, 0.2) is 5.96 Å². The highest BCUT2D eigenvalue weighted by molar-refractivity contribution is 5.94. The number of amides is 1. The summed E-state index contributed by atoms with van der Waals surface area (Å²) in [4.78, 5) is 22.0. The van der Waals surface area contributed by atoms with Gasteiger partial charge >= 0.3 is 0 Å². The number of carbonyl (C=O) groups is 1. The van der Waals surface area contributed by atoms with Gasteiger partial charge in [0.25, 0.3) is 5.91 Å². The van der Waals surface area contributed by atoms with E-state index in [-0.39, 0.29) is 12.0 Å². The minimum Gasteiger partial charge on any atom is -0.370 e. The van der Waals surface area contributed by atoms with Crippen LogP contribution >= 0.6 is 0 Å². The summed E-state index contributed by atoms with van der Waals surface area (Å²) in [6, 6.07) is 7.90. The van der Waals surface area contributed by atoms with E-state index in [9.17, 15) is 4.79 Å². The molecular weight excluding hydrogens is 404 g/mol. The Bertz CT molecular complexity index is 934. The second-order valence-electron chi connectivity index (χ2n) is 8.48. The molecule has 0 aliphatic carbocycles. The maximum atomic E-state index is 12.9. The van der Waals surface area contributed by atoms with Gasteiger partial charge in [-0.1, -0.05) is 12.1 Å². The van der Waals surface area contributed by atoms with Gasteiger partial charge in [-0.3, -0.25) is 9.48 Å². The van der Waals surface area contributed by atoms with Gasteiger partial charge in [-0.25, -0.2) is 4.99 Å². The highest BCUT2D eigenvalue weighted by atomic mass is 16.5. The van der Waals surface area contributed by atoms with E-state index in [2.05, 4.69) is 22.2 Å². The third kappa shape index (κ3) is 5.48. The number of carbonyl (C=O) groups excluding carboxylic acids is 1. The highest BCUT2D eigenvalue weighted by Gasteiger charge is 2.25. The first kappa shape index (κ1) is 22.3. The molecule has 2 fully saturated rings. The van der Waals surface area contributed by atoms with Gasteiger partial charge in [-0.15, -0.1) is 0 Å². The molecule has 1 aromatic carbocycles.